The molecule has 0 amide bonds. The van der Waals surface area contributed by atoms with Gasteiger partial charge in [-0.15, -0.1) is 0 Å². The fraction of sp³-hybridized carbons (Fsp3) is 0.0909. The Hall–Kier alpha value is -0.590. The van der Waals surface area contributed by atoms with Gasteiger partial charge in [0.15, 0.2) is 0 Å². The fourth-order valence-electron chi connectivity index (χ4n) is 1.49. The molecule has 2 aromatic carbocycles. The van der Waals surface area contributed by atoms with E-state index >= 15 is 0 Å². The zero-order chi connectivity index (χ0) is 12.5. The van der Waals surface area contributed by atoms with Crippen molar-refractivity contribution in [3.63, 3.8) is 0 Å². The van der Waals surface area contributed by atoms with Gasteiger partial charge in [-0.2, -0.15) is 0 Å². The maximum Gasteiger partial charge on any atom is 0.242 e. The van der Waals surface area contributed by atoms with E-state index in [1.807, 2.05) is 30.3 Å². The summed E-state index contributed by atoms with van der Waals surface area (Å²) in [6, 6.07) is 11.3. The summed E-state index contributed by atoms with van der Waals surface area (Å²) in [5, 5.41) is 2.05. The SMILES string of the molecule is O=S(=O)(CBr)Nc1ccc2cc(Br)ccc2c1. The predicted molar refractivity (Wildman–Crippen MR) is 78.0 cm³/mol. The maximum atomic E-state index is 11.4. The second kappa shape index (κ2) is 4.96. The number of halogens is 2. The molecule has 90 valence electrons. The van der Waals surface area contributed by atoms with E-state index in [4.69, 9.17) is 0 Å². The molecule has 0 bridgehead atoms. The molecule has 0 saturated carbocycles. The number of alkyl halides is 1. The lowest BCUT2D eigenvalue weighted by molar-refractivity contribution is 0.606. The third-order valence-corrected chi connectivity index (χ3v) is 5.35. The van der Waals surface area contributed by atoms with Crippen LogP contribution in [0.1, 0.15) is 0 Å². The molecule has 1 N–H and O–H groups in total. The van der Waals surface area contributed by atoms with Crippen LogP contribution in [-0.4, -0.2) is 13.1 Å². The van der Waals surface area contributed by atoms with E-state index in [-0.39, 0.29) is 4.66 Å². The Morgan fingerprint density at radius 1 is 1.06 bits per heavy atom. The average molecular weight is 379 g/mol. The highest BCUT2D eigenvalue weighted by Gasteiger charge is 2.07. The van der Waals surface area contributed by atoms with Crippen LogP contribution in [0.4, 0.5) is 5.69 Å². The zero-order valence-corrected chi connectivity index (χ0v) is 12.6. The van der Waals surface area contributed by atoms with E-state index < -0.39 is 10.0 Å². The smallest absolute Gasteiger partial charge is 0.242 e. The minimum atomic E-state index is -3.29. The predicted octanol–water partition coefficient (Wildman–Crippen LogP) is 3.70. The third kappa shape index (κ3) is 3.20. The lowest BCUT2D eigenvalue weighted by atomic mass is 10.1. The van der Waals surface area contributed by atoms with Gasteiger partial charge in [0.1, 0.15) is 4.66 Å². The summed E-state index contributed by atoms with van der Waals surface area (Å²) in [6.07, 6.45) is 0. The number of nitrogens with one attached hydrogen (secondary N) is 1. The van der Waals surface area contributed by atoms with Gasteiger partial charge < -0.3 is 0 Å². The van der Waals surface area contributed by atoms with Crippen molar-refractivity contribution >= 4 is 58.3 Å². The summed E-state index contributed by atoms with van der Waals surface area (Å²) >= 11 is 6.32. The third-order valence-electron chi connectivity index (χ3n) is 2.22. The number of anilines is 1. The van der Waals surface area contributed by atoms with Crippen LogP contribution in [-0.2, 0) is 10.0 Å². The molecule has 0 radical (unpaired) electrons. The Bertz CT molecular complexity index is 656. The number of hydrogen-bond donors (Lipinski definition) is 1. The van der Waals surface area contributed by atoms with E-state index in [1.54, 1.807) is 6.07 Å². The van der Waals surface area contributed by atoms with Crippen LogP contribution in [0.15, 0.2) is 40.9 Å². The molecule has 0 atom stereocenters. The number of rotatable bonds is 3. The molecule has 2 aromatic rings. The minimum absolute atomic E-state index is 0.113. The molecule has 17 heavy (non-hydrogen) atoms. The van der Waals surface area contributed by atoms with Gasteiger partial charge in [-0.3, -0.25) is 4.72 Å². The van der Waals surface area contributed by atoms with Crippen molar-refractivity contribution in [1.82, 2.24) is 0 Å². The molecule has 0 aliphatic rings. The van der Waals surface area contributed by atoms with Crippen LogP contribution in [0.2, 0.25) is 0 Å². The van der Waals surface area contributed by atoms with Gasteiger partial charge in [-0.25, -0.2) is 8.42 Å². The second-order valence-electron chi connectivity index (χ2n) is 3.53. The molecule has 0 spiro atoms. The van der Waals surface area contributed by atoms with Crippen molar-refractivity contribution in [3.8, 4) is 0 Å². The minimum Gasteiger partial charge on any atom is -0.283 e. The van der Waals surface area contributed by atoms with Crippen LogP contribution in [0.5, 0.6) is 0 Å². The number of benzene rings is 2. The van der Waals surface area contributed by atoms with E-state index in [0.29, 0.717) is 5.69 Å². The Morgan fingerprint density at radius 2 is 1.71 bits per heavy atom. The van der Waals surface area contributed by atoms with E-state index in [0.717, 1.165) is 15.2 Å². The summed E-state index contributed by atoms with van der Waals surface area (Å²) in [4.78, 5) is 0. The van der Waals surface area contributed by atoms with Crippen molar-refractivity contribution in [2.75, 3.05) is 9.38 Å². The van der Waals surface area contributed by atoms with Crippen LogP contribution in [0, 0.1) is 0 Å². The lowest BCUT2D eigenvalue weighted by Gasteiger charge is -2.06. The highest BCUT2D eigenvalue weighted by molar-refractivity contribution is 9.11. The summed E-state index contributed by atoms with van der Waals surface area (Å²) in [7, 11) is -3.29. The van der Waals surface area contributed by atoms with Gasteiger partial charge >= 0.3 is 0 Å². The van der Waals surface area contributed by atoms with Gasteiger partial charge in [0, 0.05) is 10.2 Å². The van der Waals surface area contributed by atoms with Crippen LogP contribution < -0.4 is 4.72 Å². The van der Waals surface area contributed by atoms with E-state index in [1.165, 1.54) is 0 Å². The monoisotopic (exact) mass is 377 g/mol. The van der Waals surface area contributed by atoms with Crippen molar-refractivity contribution in [3.05, 3.63) is 40.9 Å². The van der Waals surface area contributed by atoms with E-state index in [9.17, 15) is 8.42 Å². The highest BCUT2D eigenvalue weighted by Crippen LogP contribution is 2.23. The number of hydrogen-bond acceptors (Lipinski definition) is 2. The highest BCUT2D eigenvalue weighted by atomic mass is 79.9. The topological polar surface area (TPSA) is 46.2 Å². The van der Waals surface area contributed by atoms with Gasteiger partial charge in [0.2, 0.25) is 10.0 Å². The Kier molecular flexibility index (Phi) is 3.75. The summed E-state index contributed by atoms with van der Waals surface area (Å²) in [5.41, 5.74) is 0.569. The first-order chi connectivity index (χ1) is 8.00. The molecular formula is C11H9Br2NO2S. The lowest BCUT2D eigenvalue weighted by Crippen LogP contribution is -2.12. The Labute approximate surface area is 117 Å². The Morgan fingerprint density at radius 3 is 2.41 bits per heavy atom. The molecule has 0 heterocycles. The first-order valence-electron chi connectivity index (χ1n) is 4.76. The van der Waals surface area contributed by atoms with Crippen molar-refractivity contribution in [1.29, 1.82) is 0 Å². The number of fused-ring (bicyclic) bond motifs is 1. The molecule has 6 heteroatoms. The summed E-state index contributed by atoms with van der Waals surface area (Å²) in [6.45, 7) is 0. The fourth-order valence-corrected chi connectivity index (χ4v) is 2.75. The average Bonchev–Trinajstić information content (AvgIpc) is 2.29. The largest absolute Gasteiger partial charge is 0.283 e. The normalized spacial score (nSPS) is 11.6. The van der Waals surface area contributed by atoms with Gasteiger partial charge in [-0.1, -0.05) is 44.0 Å². The zero-order valence-electron chi connectivity index (χ0n) is 8.65. The van der Waals surface area contributed by atoms with Crippen molar-refractivity contribution in [2.24, 2.45) is 0 Å². The molecule has 0 aromatic heterocycles. The molecule has 2 rings (SSSR count). The summed E-state index contributed by atoms with van der Waals surface area (Å²) in [5.74, 6) is 0. The first-order valence-corrected chi connectivity index (χ1v) is 8.33. The Balaban J connectivity index is 2.42. The molecular weight excluding hydrogens is 370 g/mol. The molecule has 0 saturated heterocycles. The van der Waals surface area contributed by atoms with Gasteiger partial charge in [-0.05, 0) is 35.0 Å². The van der Waals surface area contributed by atoms with Crippen molar-refractivity contribution in [2.45, 2.75) is 0 Å². The van der Waals surface area contributed by atoms with Crippen molar-refractivity contribution < 1.29 is 8.42 Å². The van der Waals surface area contributed by atoms with Crippen LogP contribution in [0.3, 0.4) is 0 Å². The quantitative estimate of drug-likeness (QED) is 0.827. The summed E-state index contributed by atoms with van der Waals surface area (Å²) < 4.78 is 26.2. The van der Waals surface area contributed by atoms with Crippen LogP contribution >= 0.6 is 31.9 Å². The first kappa shape index (κ1) is 12.9. The molecule has 0 aliphatic carbocycles. The molecule has 0 unspecified atom stereocenters. The van der Waals surface area contributed by atoms with Gasteiger partial charge in [0.05, 0.1) is 0 Å². The maximum absolute atomic E-state index is 11.4. The van der Waals surface area contributed by atoms with E-state index in [2.05, 4.69) is 36.6 Å². The second-order valence-corrected chi connectivity index (χ2v) is 7.47. The standard InChI is InChI=1S/C11H9Br2NO2S/c12-7-17(15,16)14-11-4-2-8-5-10(13)3-1-9(8)6-11/h1-6,14H,7H2. The molecule has 0 fully saturated rings. The number of sulfonamides is 1. The van der Waals surface area contributed by atoms with Crippen LogP contribution in [0.25, 0.3) is 10.8 Å². The van der Waals surface area contributed by atoms with Gasteiger partial charge in [0.25, 0.3) is 0 Å². The molecule has 3 nitrogen and oxygen atoms in total. The molecule has 0 aliphatic heterocycles.